The molecule has 0 radical (unpaired) electrons. The lowest BCUT2D eigenvalue weighted by Gasteiger charge is -2.32. The van der Waals surface area contributed by atoms with Crippen LogP contribution in [0.1, 0.15) is 19.0 Å². The molecule has 2 aromatic carbocycles. The summed E-state index contributed by atoms with van der Waals surface area (Å²) in [6.07, 6.45) is -0.435. The number of rotatable bonds is 7. The second-order valence-corrected chi connectivity index (χ2v) is 7.50. The summed E-state index contributed by atoms with van der Waals surface area (Å²) in [6, 6.07) is 14.6. The van der Waals surface area contributed by atoms with Crippen LogP contribution in [0.2, 0.25) is 0 Å². The summed E-state index contributed by atoms with van der Waals surface area (Å²) in [6.45, 7) is 2.30. The number of carbonyl (C=O) groups is 2. The molecule has 0 unspecified atom stereocenters. The van der Waals surface area contributed by atoms with E-state index < -0.39 is 6.10 Å². The van der Waals surface area contributed by atoms with E-state index >= 15 is 0 Å². The maximum absolute atomic E-state index is 12.6. The van der Waals surface area contributed by atoms with Crippen LogP contribution < -0.4 is 19.7 Å². The number of para-hydroxylation sites is 4. The first kappa shape index (κ1) is 19.9. The predicted molar refractivity (Wildman–Crippen MR) is 115 cm³/mol. The van der Waals surface area contributed by atoms with Gasteiger partial charge in [0.1, 0.15) is 18.1 Å². The van der Waals surface area contributed by atoms with Crippen molar-refractivity contribution in [3.63, 3.8) is 0 Å². The van der Waals surface area contributed by atoms with E-state index in [1.165, 1.54) is 11.3 Å². The highest BCUT2D eigenvalue weighted by Crippen LogP contribution is 2.33. The Morgan fingerprint density at radius 2 is 2.03 bits per heavy atom. The Morgan fingerprint density at radius 3 is 2.87 bits per heavy atom. The van der Waals surface area contributed by atoms with Gasteiger partial charge < -0.3 is 19.7 Å². The lowest BCUT2D eigenvalue weighted by molar-refractivity contribution is -0.125. The molecule has 1 atom stereocenters. The zero-order chi connectivity index (χ0) is 20.9. The Morgan fingerprint density at radius 1 is 1.23 bits per heavy atom. The summed E-state index contributed by atoms with van der Waals surface area (Å²) in [5.41, 5.74) is 3.85. The van der Waals surface area contributed by atoms with Crippen LogP contribution in [0.15, 0.2) is 59.4 Å². The van der Waals surface area contributed by atoms with Crippen molar-refractivity contribution in [2.45, 2.75) is 26.1 Å². The van der Waals surface area contributed by atoms with Crippen LogP contribution in [-0.2, 0) is 16.2 Å². The Kier molecular flexibility index (Phi) is 5.94. The zero-order valence-corrected chi connectivity index (χ0v) is 17.2. The van der Waals surface area contributed by atoms with Gasteiger partial charge in [-0.2, -0.15) is 0 Å². The van der Waals surface area contributed by atoms with Gasteiger partial charge in [0.15, 0.2) is 6.10 Å². The molecule has 154 valence electrons. The molecule has 2 heterocycles. The van der Waals surface area contributed by atoms with Gasteiger partial charge >= 0.3 is 0 Å². The summed E-state index contributed by atoms with van der Waals surface area (Å²) >= 11 is 1.50. The standard InChI is InChI=1S/C22H21N3O4S/c1-15-22(27)25(18-7-3-5-9-20(18)29-15)11-10-21(26)24-17-6-2-4-8-19(17)28-12-16-13-30-14-23-16/h2-9,13-15H,10-12H2,1H3,(H,24,26)/t15-/m1/s1. The van der Waals surface area contributed by atoms with Crippen LogP contribution in [-0.4, -0.2) is 29.4 Å². The van der Waals surface area contributed by atoms with Gasteiger partial charge in [0.2, 0.25) is 5.91 Å². The molecule has 0 aliphatic carbocycles. The van der Waals surface area contributed by atoms with Crippen molar-refractivity contribution < 1.29 is 19.1 Å². The minimum Gasteiger partial charge on any atom is -0.485 e. The molecule has 0 saturated carbocycles. The number of carbonyl (C=O) groups excluding carboxylic acids is 2. The Balaban J connectivity index is 1.39. The molecule has 7 nitrogen and oxygen atoms in total. The van der Waals surface area contributed by atoms with Gasteiger partial charge in [-0.05, 0) is 31.2 Å². The molecule has 0 fully saturated rings. The summed E-state index contributed by atoms with van der Waals surface area (Å²) in [5.74, 6) is 0.851. The maximum Gasteiger partial charge on any atom is 0.267 e. The molecule has 0 saturated heterocycles. The highest BCUT2D eigenvalue weighted by atomic mass is 32.1. The largest absolute Gasteiger partial charge is 0.485 e. The molecule has 0 spiro atoms. The van der Waals surface area contributed by atoms with Crippen molar-refractivity contribution in [3.05, 3.63) is 65.1 Å². The van der Waals surface area contributed by atoms with E-state index in [1.807, 2.05) is 41.8 Å². The number of amides is 2. The number of nitrogens with one attached hydrogen (secondary N) is 1. The van der Waals surface area contributed by atoms with E-state index in [4.69, 9.17) is 9.47 Å². The van der Waals surface area contributed by atoms with Crippen molar-refractivity contribution in [3.8, 4) is 11.5 Å². The number of anilines is 2. The van der Waals surface area contributed by atoms with Crippen molar-refractivity contribution >= 4 is 34.5 Å². The van der Waals surface area contributed by atoms with Crippen LogP contribution in [0.3, 0.4) is 0 Å². The molecular weight excluding hydrogens is 402 g/mol. The number of fused-ring (bicyclic) bond motifs is 1. The fourth-order valence-electron chi connectivity index (χ4n) is 3.17. The number of hydrogen-bond donors (Lipinski definition) is 1. The summed E-state index contributed by atoms with van der Waals surface area (Å²) in [4.78, 5) is 30.9. The highest BCUT2D eigenvalue weighted by molar-refractivity contribution is 7.07. The van der Waals surface area contributed by atoms with Gasteiger partial charge in [0.25, 0.3) is 5.91 Å². The Hall–Kier alpha value is -3.39. The first-order valence-electron chi connectivity index (χ1n) is 9.57. The van der Waals surface area contributed by atoms with E-state index in [1.54, 1.807) is 29.5 Å². The molecule has 1 aliphatic heterocycles. The minimum atomic E-state index is -0.581. The highest BCUT2D eigenvalue weighted by Gasteiger charge is 2.31. The van der Waals surface area contributed by atoms with Gasteiger partial charge in [-0.1, -0.05) is 24.3 Å². The number of benzene rings is 2. The van der Waals surface area contributed by atoms with Gasteiger partial charge in [0, 0.05) is 18.3 Å². The third-order valence-corrected chi connectivity index (χ3v) is 5.29. The summed E-state index contributed by atoms with van der Waals surface area (Å²) in [5, 5.41) is 4.80. The molecule has 30 heavy (non-hydrogen) atoms. The normalized spacial score (nSPS) is 15.3. The molecule has 1 aromatic heterocycles. The summed E-state index contributed by atoms with van der Waals surface area (Å²) < 4.78 is 11.4. The second kappa shape index (κ2) is 8.96. The lowest BCUT2D eigenvalue weighted by atomic mass is 10.1. The van der Waals surface area contributed by atoms with Gasteiger partial charge in [-0.3, -0.25) is 9.59 Å². The molecular formula is C22H21N3O4S. The number of hydrogen-bond acceptors (Lipinski definition) is 6. The predicted octanol–water partition coefficient (Wildman–Crippen LogP) is 3.86. The van der Waals surface area contributed by atoms with Gasteiger partial charge in [0.05, 0.1) is 22.6 Å². The fourth-order valence-corrected chi connectivity index (χ4v) is 3.71. The molecule has 8 heteroatoms. The van der Waals surface area contributed by atoms with Crippen LogP contribution in [0, 0.1) is 0 Å². The number of ether oxygens (including phenoxy) is 2. The smallest absolute Gasteiger partial charge is 0.267 e. The van der Waals surface area contributed by atoms with Crippen molar-refractivity contribution in [2.75, 3.05) is 16.8 Å². The van der Waals surface area contributed by atoms with E-state index in [-0.39, 0.29) is 24.8 Å². The Bertz CT molecular complexity index is 1040. The molecule has 3 aromatic rings. The molecule has 1 N–H and O–H groups in total. The minimum absolute atomic E-state index is 0.146. The van der Waals surface area contributed by atoms with Gasteiger partial charge in [-0.15, -0.1) is 11.3 Å². The molecule has 4 rings (SSSR count). The van der Waals surface area contributed by atoms with E-state index in [0.29, 0.717) is 29.5 Å². The number of nitrogens with zero attached hydrogens (tertiary/aromatic N) is 2. The third kappa shape index (κ3) is 4.44. The van der Waals surface area contributed by atoms with E-state index in [2.05, 4.69) is 10.3 Å². The summed E-state index contributed by atoms with van der Waals surface area (Å²) in [7, 11) is 0. The van der Waals surface area contributed by atoms with E-state index in [0.717, 1.165) is 5.69 Å². The first-order chi connectivity index (χ1) is 14.6. The van der Waals surface area contributed by atoms with Crippen molar-refractivity contribution in [1.82, 2.24) is 4.98 Å². The monoisotopic (exact) mass is 423 g/mol. The SMILES string of the molecule is C[C@H]1Oc2ccccc2N(CCC(=O)Nc2ccccc2OCc2cscn2)C1=O. The quantitative estimate of drug-likeness (QED) is 0.624. The van der Waals surface area contributed by atoms with Crippen LogP contribution in [0.25, 0.3) is 0 Å². The zero-order valence-electron chi connectivity index (χ0n) is 16.4. The van der Waals surface area contributed by atoms with Crippen LogP contribution >= 0.6 is 11.3 Å². The van der Waals surface area contributed by atoms with Crippen molar-refractivity contribution in [1.29, 1.82) is 0 Å². The lowest BCUT2D eigenvalue weighted by Crippen LogP contribution is -2.45. The second-order valence-electron chi connectivity index (χ2n) is 6.78. The van der Waals surface area contributed by atoms with Gasteiger partial charge in [-0.25, -0.2) is 4.98 Å². The van der Waals surface area contributed by atoms with Crippen molar-refractivity contribution in [2.24, 2.45) is 0 Å². The average molecular weight is 423 g/mol. The number of aromatic nitrogens is 1. The third-order valence-electron chi connectivity index (χ3n) is 4.66. The Labute approximate surface area is 178 Å². The first-order valence-corrected chi connectivity index (χ1v) is 10.5. The average Bonchev–Trinajstić information content (AvgIpc) is 3.27. The maximum atomic E-state index is 12.6. The van der Waals surface area contributed by atoms with E-state index in [9.17, 15) is 9.59 Å². The fraction of sp³-hybridized carbons (Fsp3) is 0.227. The van der Waals surface area contributed by atoms with Crippen LogP contribution in [0.4, 0.5) is 11.4 Å². The number of thiazole rings is 1. The molecule has 1 aliphatic rings. The molecule has 2 amide bonds. The van der Waals surface area contributed by atoms with Crippen LogP contribution in [0.5, 0.6) is 11.5 Å². The topological polar surface area (TPSA) is 80.8 Å². The molecule has 0 bridgehead atoms.